The Morgan fingerprint density at radius 3 is 2.74 bits per heavy atom. The number of nitrogens with one attached hydrogen (secondary N) is 1. The van der Waals surface area contributed by atoms with Gasteiger partial charge in [-0.15, -0.1) is 6.58 Å². The van der Waals surface area contributed by atoms with Gasteiger partial charge in [-0.2, -0.15) is 0 Å². The number of benzene rings is 1. The molecular formula is C16H25NO2. The molecule has 1 atom stereocenters. The minimum atomic E-state index is 0.260. The predicted molar refractivity (Wildman–Crippen MR) is 80.0 cm³/mol. The van der Waals surface area contributed by atoms with E-state index in [1.165, 1.54) is 0 Å². The summed E-state index contributed by atoms with van der Waals surface area (Å²) in [5.74, 6) is 1.70. The van der Waals surface area contributed by atoms with Crippen LogP contribution in [0.3, 0.4) is 0 Å². The summed E-state index contributed by atoms with van der Waals surface area (Å²) in [7, 11) is 1.67. The normalized spacial score (nSPS) is 12.0. The number of hydrogen-bond acceptors (Lipinski definition) is 3. The lowest BCUT2D eigenvalue weighted by atomic mass is 10.1. The fraction of sp³-hybridized carbons (Fsp3) is 0.500. The number of rotatable bonds is 8. The van der Waals surface area contributed by atoms with Crippen LogP contribution in [0.5, 0.6) is 11.5 Å². The molecule has 1 rings (SSSR count). The summed E-state index contributed by atoms with van der Waals surface area (Å²) in [6.45, 7) is 11.7. The van der Waals surface area contributed by atoms with E-state index in [4.69, 9.17) is 9.47 Å². The molecule has 0 aliphatic heterocycles. The largest absolute Gasteiger partial charge is 0.497 e. The highest BCUT2D eigenvalue weighted by atomic mass is 16.5. The van der Waals surface area contributed by atoms with Crippen LogP contribution in [0.1, 0.15) is 38.8 Å². The topological polar surface area (TPSA) is 30.5 Å². The van der Waals surface area contributed by atoms with Gasteiger partial charge in [0.1, 0.15) is 11.5 Å². The smallest absolute Gasteiger partial charge is 0.127 e. The summed E-state index contributed by atoms with van der Waals surface area (Å²) in [5.41, 5.74) is 2.29. The van der Waals surface area contributed by atoms with Crippen LogP contribution in [-0.4, -0.2) is 20.3 Å². The molecule has 3 heteroatoms. The molecule has 1 aromatic rings. The van der Waals surface area contributed by atoms with E-state index in [9.17, 15) is 0 Å². The highest BCUT2D eigenvalue weighted by molar-refractivity contribution is 5.42. The fourth-order valence-electron chi connectivity index (χ4n) is 1.88. The van der Waals surface area contributed by atoms with Crippen molar-refractivity contribution in [3.05, 3.63) is 35.9 Å². The lowest BCUT2D eigenvalue weighted by Crippen LogP contribution is -2.18. The SMILES string of the molecule is C=C(C)CCOc1cc(OC)ccc1C(C)NCC. The second-order valence-electron chi connectivity index (χ2n) is 4.74. The third kappa shape index (κ3) is 4.95. The minimum absolute atomic E-state index is 0.260. The summed E-state index contributed by atoms with van der Waals surface area (Å²) in [6.07, 6.45) is 0.867. The zero-order valence-electron chi connectivity index (χ0n) is 12.5. The van der Waals surface area contributed by atoms with Gasteiger partial charge >= 0.3 is 0 Å². The molecule has 0 aliphatic rings. The Balaban J connectivity index is 2.85. The molecule has 0 aliphatic carbocycles. The zero-order valence-corrected chi connectivity index (χ0v) is 12.5. The molecule has 0 radical (unpaired) electrons. The van der Waals surface area contributed by atoms with Gasteiger partial charge in [-0.3, -0.25) is 0 Å². The number of ether oxygens (including phenoxy) is 2. The van der Waals surface area contributed by atoms with Crippen molar-refractivity contribution in [2.24, 2.45) is 0 Å². The van der Waals surface area contributed by atoms with Crippen LogP contribution in [0, 0.1) is 0 Å². The zero-order chi connectivity index (χ0) is 14.3. The summed E-state index contributed by atoms with van der Waals surface area (Å²) >= 11 is 0. The van der Waals surface area contributed by atoms with Gasteiger partial charge in [0.2, 0.25) is 0 Å². The van der Waals surface area contributed by atoms with Crippen molar-refractivity contribution < 1.29 is 9.47 Å². The molecule has 0 heterocycles. The molecule has 3 nitrogen and oxygen atoms in total. The molecule has 0 bridgehead atoms. The van der Waals surface area contributed by atoms with E-state index in [-0.39, 0.29) is 6.04 Å². The van der Waals surface area contributed by atoms with Crippen molar-refractivity contribution in [3.63, 3.8) is 0 Å². The van der Waals surface area contributed by atoms with Gasteiger partial charge in [0.25, 0.3) is 0 Å². The maximum atomic E-state index is 5.88. The first-order valence-electron chi connectivity index (χ1n) is 6.77. The van der Waals surface area contributed by atoms with Gasteiger partial charge in [-0.1, -0.05) is 18.6 Å². The van der Waals surface area contributed by atoms with Crippen LogP contribution in [0.4, 0.5) is 0 Å². The standard InChI is InChI=1S/C16H25NO2/c1-6-17-13(4)15-8-7-14(18-5)11-16(15)19-10-9-12(2)3/h7-8,11,13,17H,2,6,9-10H2,1,3-5H3. The molecule has 0 saturated carbocycles. The van der Waals surface area contributed by atoms with E-state index < -0.39 is 0 Å². The molecule has 1 aromatic carbocycles. The average Bonchev–Trinajstić information content (AvgIpc) is 2.38. The molecule has 0 spiro atoms. The number of methoxy groups -OCH3 is 1. The Kier molecular flexibility index (Phi) is 6.43. The minimum Gasteiger partial charge on any atom is -0.497 e. The number of hydrogen-bond donors (Lipinski definition) is 1. The third-order valence-corrected chi connectivity index (χ3v) is 2.98. The third-order valence-electron chi connectivity index (χ3n) is 2.98. The maximum absolute atomic E-state index is 5.88. The Labute approximate surface area is 116 Å². The molecule has 19 heavy (non-hydrogen) atoms. The van der Waals surface area contributed by atoms with Gasteiger partial charge in [0.15, 0.2) is 0 Å². The van der Waals surface area contributed by atoms with Crippen LogP contribution < -0.4 is 14.8 Å². The van der Waals surface area contributed by atoms with Gasteiger partial charge in [-0.25, -0.2) is 0 Å². The lowest BCUT2D eigenvalue weighted by Gasteiger charge is -2.18. The van der Waals surface area contributed by atoms with Crippen LogP contribution in [0.15, 0.2) is 30.4 Å². The van der Waals surface area contributed by atoms with Crippen molar-refractivity contribution in [1.29, 1.82) is 0 Å². The van der Waals surface area contributed by atoms with Crippen LogP contribution in [0.25, 0.3) is 0 Å². The van der Waals surface area contributed by atoms with Crippen molar-refractivity contribution in [2.75, 3.05) is 20.3 Å². The Hall–Kier alpha value is -1.48. The van der Waals surface area contributed by atoms with Gasteiger partial charge < -0.3 is 14.8 Å². The van der Waals surface area contributed by atoms with Crippen molar-refractivity contribution >= 4 is 0 Å². The summed E-state index contributed by atoms with van der Waals surface area (Å²) < 4.78 is 11.1. The first kappa shape index (κ1) is 15.6. The summed E-state index contributed by atoms with van der Waals surface area (Å²) in [6, 6.07) is 6.23. The molecular weight excluding hydrogens is 238 g/mol. The van der Waals surface area contributed by atoms with Gasteiger partial charge in [0.05, 0.1) is 13.7 Å². The first-order valence-corrected chi connectivity index (χ1v) is 6.77. The Bertz CT molecular complexity index is 415. The van der Waals surface area contributed by atoms with Crippen LogP contribution in [-0.2, 0) is 0 Å². The second kappa shape index (κ2) is 7.85. The average molecular weight is 263 g/mol. The van der Waals surface area contributed by atoms with E-state index in [2.05, 4.69) is 31.8 Å². The maximum Gasteiger partial charge on any atom is 0.127 e. The van der Waals surface area contributed by atoms with Crippen molar-refractivity contribution in [3.8, 4) is 11.5 Å². The lowest BCUT2D eigenvalue weighted by molar-refractivity contribution is 0.312. The van der Waals surface area contributed by atoms with Gasteiger partial charge in [-0.05, 0) is 26.5 Å². The summed E-state index contributed by atoms with van der Waals surface area (Å²) in [5, 5.41) is 3.40. The Morgan fingerprint density at radius 2 is 2.16 bits per heavy atom. The molecule has 0 saturated heterocycles. The molecule has 1 unspecified atom stereocenters. The van der Waals surface area contributed by atoms with Crippen LogP contribution in [0.2, 0.25) is 0 Å². The molecule has 106 valence electrons. The van der Waals surface area contributed by atoms with E-state index in [0.717, 1.165) is 35.6 Å². The quantitative estimate of drug-likeness (QED) is 0.725. The van der Waals surface area contributed by atoms with Crippen molar-refractivity contribution in [2.45, 2.75) is 33.2 Å². The highest BCUT2D eigenvalue weighted by Crippen LogP contribution is 2.29. The molecule has 0 aromatic heterocycles. The molecule has 0 fully saturated rings. The van der Waals surface area contributed by atoms with E-state index in [0.29, 0.717) is 6.61 Å². The predicted octanol–water partition coefficient (Wildman–Crippen LogP) is 3.71. The van der Waals surface area contributed by atoms with E-state index in [1.54, 1.807) is 7.11 Å². The van der Waals surface area contributed by atoms with E-state index >= 15 is 0 Å². The highest BCUT2D eigenvalue weighted by Gasteiger charge is 2.12. The molecule has 1 N–H and O–H groups in total. The van der Waals surface area contributed by atoms with Crippen molar-refractivity contribution in [1.82, 2.24) is 5.32 Å². The van der Waals surface area contributed by atoms with Gasteiger partial charge in [0, 0.05) is 24.1 Å². The Morgan fingerprint density at radius 1 is 1.42 bits per heavy atom. The second-order valence-corrected chi connectivity index (χ2v) is 4.74. The monoisotopic (exact) mass is 263 g/mol. The fourth-order valence-corrected chi connectivity index (χ4v) is 1.88. The first-order chi connectivity index (χ1) is 9.08. The summed E-state index contributed by atoms with van der Waals surface area (Å²) in [4.78, 5) is 0. The van der Waals surface area contributed by atoms with E-state index in [1.807, 2.05) is 19.1 Å². The molecule has 0 amide bonds. The van der Waals surface area contributed by atoms with Crippen LogP contribution >= 0.6 is 0 Å².